The summed E-state index contributed by atoms with van der Waals surface area (Å²) >= 11 is 3.62. The Morgan fingerprint density at radius 2 is 1.83 bits per heavy atom. The van der Waals surface area contributed by atoms with E-state index in [9.17, 15) is 4.79 Å². The van der Waals surface area contributed by atoms with Crippen LogP contribution in [0.5, 0.6) is 0 Å². The van der Waals surface area contributed by atoms with Gasteiger partial charge in [0.2, 0.25) is 0 Å². The molecular formula is C28H31BrN4O2. The van der Waals surface area contributed by atoms with E-state index in [0.29, 0.717) is 18.2 Å². The second kappa shape index (κ2) is 9.99. The van der Waals surface area contributed by atoms with E-state index in [4.69, 9.17) is 4.42 Å². The molecule has 3 heterocycles. The molecule has 182 valence electrons. The highest BCUT2D eigenvalue weighted by atomic mass is 79.9. The average Bonchev–Trinajstić information content (AvgIpc) is 3.56. The maximum atomic E-state index is 12.9. The summed E-state index contributed by atoms with van der Waals surface area (Å²) in [5.41, 5.74) is 5.25. The molecule has 1 fully saturated rings. The van der Waals surface area contributed by atoms with Crippen molar-refractivity contribution in [3.8, 4) is 0 Å². The van der Waals surface area contributed by atoms with Crippen LogP contribution in [-0.4, -0.2) is 33.7 Å². The van der Waals surface area contributed by atoms with Gasteiger partial charge < -0.3 is 9.73 Å². The summed E-state index contributed by atoms with van der Waals surface area (Å²) in [4.78, 5) is 15.4. The second-order valence-corrected chi connectivity index (χ2v) is 10.7. The first-order valence-electron chi connectivity index (χ1n) is 12.2. The number of amides is 1. The molecule has 1 N–H and O–H groups in total. The van der Waals surface area contributed by atoms with Crippen molar-refractivity contribution >= 4 is 38.5 Å². The highest BCUT2D eigenvalue weighted by molar-refractivity contribution is 9.10. The molecular weight excluding hydrogens is 504 g/mol. The molecule has 0 spiro atoms. The van der Waals surface area contributed by atoms with Crippen LogP contribution in [0.1, 0.15) is 65.7 Å². The predicted molar refractivity (Wildman–Crippen MR) is 143 cm³/mol. The van der Waals surface area contributed by atoms with Gasteiger partial charge >= 0.3 is 0 Å². The number of hydrogen-bond acceptors (Lipinski definition) is 4. The van der Waals surface area contributed by atoms with Gasteiger partial charge in [0.05, 0.1) is 6.54 Å². The summed E-state index contributed by atoms with van der Waals surface area (Å²) in [6.07, 6.45) is 2.57. The average molecular weight is 535 g/mol. The molecule has 1 aliphatic heterocycles. The third kappa shape index (κ3) is 5.36. The number of carbonyl (C=O) groups is 1. The van der Waals surface area contributed by atoms with Gasteiger partial charge in [0.15, 0.2) is 5.69 Å². The molecule has 35 heavy (non-hydrogen) atoms. The molecule has 0 bridgehead atoms. The fourth-order valence-electron chi connectivity index (χ4n) is 4.64. The quantitative estimate of drug-likeness (QED) is 0.285. The van der Waals surface area contributed by atoms with Gasteiger partial charge in [0.25, 0.3) is 5.91 Å². The number of nitrogens with one attached hydrogen (secondary N) is 1. The van der Waals surface area contributed by atoms with E-state index in [0.717, 1.165) is 44.7 Å². The van der Waals surface area contributed by atoms with Crippen LogP contribution >= 0.6 is 15.9 Å². The summed E-state index contributed by atoms with van der Waals surface area (Å²) in [7, 11) is 0. The lowest BCUT2D eigenvalue weighted by atomic mass is 10.1. The van der Waals surface area contributed by atoms with Crippen molar-refractivity contribution in [1.82, 2.24) is 14.7 Å². The van der Waals surface area contributed by atoms with Gasteiger partial charge in [-0.05, 0) is 74.8 Å². The van der Waals surface area contributed by atoms with Crippen LogP contribution in [0.15, 0.2) is 57.4 Å². The lowest BCUT2D eigenvalue weighted by molar-refractivity contribution is 0.102. The van der Waals surface area contributed by atoms with Crippen LogP contribution in [0.25, 0.3) is 11.0 Å². The molecule has 0 atom stereocenters. The number of nitrogens with zero attached hydrogens (tertiary/aromatic N) is 3. The van der Waals surface area contributed by atoms with E-state index in [1.54, 1.807) is 0 Å². The van der Waals surface area contributed by atoms with E-state index < -0.39 is 0 Å². The first kappa shape index (κ1) is 23.8. The van der Waals surface area contributed by atoms with Crippen LogP contribution < -0.4 is 5.32 Å². The summed E-state index contributed by atoms with van der Waals surface area (Å²) in [6.45, 7) is 10.0. The maximum absolute atomic E-state index is 12.9. The molecule has 5 rings (SSSR count). The summed E-state index contributed by atoms with van der Waals surface area (Å²) in [5, 5.41) is 8.65. The fourth-order valence-corrected chi connectivity index (χ4v) is 5.16. The lowest BCUT2D eigenvalue weighted by Crippen LogP contribution is -2.18. The van der Waals surface area contributed by atoms with Crippen molar-refractivity contribution in [3.63, 3.8) is 0 Å². The zero-order chi connectivity index (χ0) is 24.5. The Balaban J connectivity index is 1.30. The Kier molecular flexibility index (Phi) is 6.80. The number of rotatable bonds is 7. The Bertz CT molecular complexity index is 1350. The molecule has 2 aromatic carbocycles. The molecule has 0 saturated carbocycles. The van der Waals surface area contributed by atoms with Crippen LogP contribution in [0.2, 0.25) is 0 Å². The minimum Gasteiger partial charge on any atom is -0.460 e. The van der Waals surface area contributed by atoms with Gasteiger partial charge in [-0.15, -0.1) is 0 Å². The highest BCUT2D eigenvalue weighted by Crippen LogP contribution is 2.31. The van der Waals surface area contributed by atoms with Crippen molar-refractivity contribution < 1.29 is 9.21 Å². The number of carbonyl (C=O) groups excluding carboxylic acids is 1. The van der Waals surface area contributed by atoms with Crippen LogP contribution in [0.4, 0.5) is 5.69 Å². The maximum Gasteiger partial charge on any atom is 0.276 e. The van der Waals surface area contributed by atoms with Gasteiger partial charge in [0.1, 0.15) is 11.3 Å². The fraction of sp³-hybridized carbons (Fsp3) is 0.357. The van der Waals surface area contributed by atoms with Crippen LogP contribution in [0.3, 0.4) is 0 Å². The Morgan fingerprint density at radius 3 is 2.54 bits per heavy atom. The zero-order valence-corrected chi connectivity index (χ0v) is 22.1. The SMILES string of the molecule is Cc1cc(C(=O)Nc2ccc(CN3CCCC3)cc2)nn1Cc1cc(Br)cc2cc(C(C)C)oc12. The minimum absolute atomic E-state index is 0.210. The predicted octanol–water partition coefficient (Wildman–Crippen LogP) is 6.72. The number of hydrogen-bond donors (Lipinski definition) is 1. The Morgan fingerprint density at radius 1 is 1.09 bits per heavy atom. The molecule has 1 saturated heterocycles. The van der Waals surface area contributed by atoms with Crippen molar-refractivity contribution in [2.45, 2.75) is 52.6 Å². The largest absolute Gasteiger partial charge is 0.460 e. The van der Waals surface area contributed by atoms with Gasteiger partial charge in [-0.3, -0.25) is 14.4 Å². The summed E-state index contributed by atoms with van der Waals surface area (Å²) in [6, 6.07) is 16.2. The first-order chi connectivity index (χ1) is 16.9. The third-order valence-electron chi connectivity index (χ3n) is 6.60. The highest BCUT2D eigenvalue weighted by Gasteiger charge is 2.17. The number of anilines is 1. The Labute approximate surface area is 214 Å². The van der Waals surface area contributed by atoms with Gasteiger partial charge in [-0.25, -0.2) is 0 Å². The number of likely N-dealkylation sites (tertiary alicyclic amines) is 1. The standard InChI is InChI=1S/C28H31BrN4O2/c1-18(2)26-15-21-13-23(29)14-22(27(21)35-26)17-33-19(3)12-25(31-33)28(34)30-24-8-6-20(7-9-24)16-32-10-4-5-11-32/h6-9,12-15,18H,4-5,10-11,16-17H2,1-3H3,(H,30,34). The summed E-state index contributed by atoms with van der Waals surface area (Å²) in [5.74, 6) is 1.06. The van der Waals surface area contributed by atoms with E-state index in [2.05, 4.69) is 75.4 Å². The Hall–Kier alpha value is -2.90. The number of fused-ring (bicyclic) bond motifs is 1. The number of aromatic nitrogens is 2. The smallest absolute Gasteiger partial charge is 0.276 e. The van der Waals surface area contributed by atoms with E-state index in [-0.39, 0.29) is 5.91 Å². The summed E-state index contributed by atoms with van der Waals surface area (Å²) < 4.78 is 9.01. The monoisotopic (exact) mass is 534 g/mol. The lowest BCUT2D eigenvalue weighted by Gasteiger charge is -2.14. The molecule has 0 unspecified atom stereocenters. The van der Waals surface area contributed by atoms with Crippen molar-refractivity contribution in [2.75, 3.05) is 18.4 Å². The van der Waals surface area contributed by atoms with E-state index >= 15 is 0 Å². The number of furan rings is 1. The molecule has 1 aliphatic rings. The van der Waals surface area contributed by atoms with Crippen molar-refractivity contribution in [3.05, 3.63) is 81.3 Å². The topological polar surface area (TPSA) is 63.3 Å². The first-order valence-corrected chi connectivity index (χ1v) is 13.0. The number of benzene rings is 2. The number of halogens is 1. The molecule has 6 nitrogen and oxygen atoms in total. The molecule has 2 aromatic heterocycles. The molecule has 0 aliphatic carbocycles. The zero-order valence-electron chi connectivity index (χ0n) is 20.5. The molecule has 1 amide bonds. The normalized spacial score (nSPS) is 14.3. The van der Waals surface area contributed by atoms with Crippen LogP contribution in [-0.2, 0) is 13.1 Å². The number of aryl methyl sites for hydroxylation is 1. The molecule has 4 aromatic rings. The van der Waals surface area contributed by atoms with Gasteiger partial charge in [-0.1, -0.05) is 41.9 Å². The third-order valence-corrected chi connectivity index (χ3v) is 7.05. The van der Waals surface area contributed by atoms with Gasteiger partial charge in [-0.2, -0.15) is 5.10 Å². The van der Waals surface area contributed by atoms with Crippen molar-refractivity contribution in [2.24, 2.45) is 0 Å². The second-order valence-electron chi connectivity index (χ2n) is 9.75. The molecule has 7 heteroatoms. The van der Waals surface area contributed by atoms with Crippen LogP contribution in [0, 0.1) is 6.92 Å². The molecule has 0 radical (unpaired) electrons. The van der Waals surface area contributed by atoms with Gasteiger partial charge in [0, 0.05) is 39.3 Å². The van der Waals surface area contributed by atoms with E-state index in [1.807, 2.05) is 29.8 Å². The van der Waals surface area contributed by atoms with Crippen molar-refractivity contribution in [1.29, 1.82) is 0 Å². The minimum atomic E-state index is -0.210. The van der Waals surface area contributed by atoms with E-state index in [1.165, 1.54) is 31.5 Å².